The highest BCUT2D eigenvalue weighted by Crippen LogP contribution is 2.25. The van der Waals surface area contributed by atoms with Crippen LogP contribution in [0, 0.1) is 6.92 Å². The Morgan fingerprint density at radius 2 is 2.28 bits per heavy atom. The maximum Gasteiger partial charge on any atom is 0.250 e. The third-order valence-corrected chi connectivity index (χ3v) is 5.55. The van der Waals surface area contributed by atoms with Crippen LogP contribution < -0.4 is 4.72 Å². The van der Waals surface area contributed by atoms with E-state index in [1.807, 2.05) is 0 Å². The molecule has 0 atom stereocenters. The number of aryl methyl sites for hydroxylation is 1. The van der Waals surface area contributed by atoms with Gasteiger partial charge >= 0.3 is 0 Å². The molecule has 0 aliphatic heterocycles. The fraction of sp³-hybridized carbons (Fsp3) is 0.273. The minimum absolute atomic E-state index is 0.145. The molecule has 0 spiro atoms. The van der Waals surface area contributed by atoms with Gasteiger partial charge in [-0.2, -0.15) is 0 Å². The number of rotatable bonds is 5. The van der Waals surface area contributed by atoms with Crippen LogP contribution in [0.4, 0.5) is 0 Å². The number of thiophene rings is 1. The first-order valence-electron chi connectivity index (χ1n) is 5.24. The van der Waals surface area contributed by atoms with Crippen molar-refractivity contribution < 1.29 is 17.9 Å². The molecule has 2 aromatic rings. The van der Waals surface area contributed by atoms with Gasteiger partial charge in [-0.1, -0.05) is 0 Å². The number of nitrogens with one attached hydrogen (secondary N) is 1. The number of aliphatic hydroxyl groups excluding tert-OH is 1. The quantitative estimate of drug-likeness (QED) is 0.876. The zero-order chi connectivity index (χ0) is 13.2. The van der Waals surface area contributed by atoms with Crippen LogP contribution in [0.15, 0.2) is 33.3 Å². The van der Waals surface area contributed by atoms with Crippen LogP contribution in [0.5, 0.6) is 0 Å². The van der Waals surface area contributed by atoms with E-state index >= 15 is 0 Å². The lowest BCUT2D eigenvalue weighted by atomic mass is 10.3. The zero-order valence-corrected chi connectivity index (χ0v) is 11.3. The average Bonchev–Trinajstić information content (AvgIpc) is 2.95. The van der Waals surface area contributed by atoms with Crippen molar-refractivity contribution in [1.29, 1.82) is 0 Å². The summed E-state index contributed by atoms with van der Waals surface area (Å²) in [7, 11) is -3.53. The van der Waals surface area contributed by atoms with Gasteiger partial charge in [0.15, 0.2) is 0 Å². The summed E-state index contributed by atoms with van der Waals surface area (Å²) in [5.41, 5.74) is 1.54. The van der Waals surface area contributed by atoms with Crippen LogP contribution in [0.1, 0.15) is 16.0 Å². The van der Waals surface area contributed by atoms with E-state index in [0.29, 0.717) is 4.88 Å². The van der Waals surface area contributed by atoms with Gasteiger partial charge in [-0.25, -0.2) is 13.1 Å². The van der Waals surface area contributed by atoms with Gasteiger partial charge in [0, 0.05) is 17.0 Å². The third kappa shape index (κ3) is 2.81. The van der Waals surface area contributed by atoms with Crippen LogP contribution in [0.3, 0.4) is 0 Å². The monoisotopic (exact) mass is 287 g/mol. The molecule has 0 unspecified atom stereocenters. The number of sulfonamides is 1. The van der Waals surface area contributed by atoms with E-state index in [9.17, 15) is 8.42 Å². The minimum atomic E-state index is -3.53. The van der Waals surface area contributed by atoms with Crippen LogP contribution in [0.2, 0.25) is 0 Å². The maximum absolute atomic E-state index is 12.0. The average molecular weight is 287 g/mol. The number of hydrogen-bond donors (Lipinski definition) is 2. The summed E-state index contributed by atoms with van der Waals surface area (Å²) < 4.78 is 31.6. The molecule has 2 N–H and O–H groups in total. The molecule has 0 saturated carbocycles. The smallest absolute Gasteiger partial charge is 0.250 e. The van der Waals surface area contributed by atoms with Crippen molar-refractivity contribution in [2.75, 3.05) is 0 Å². The van der Waals surface area contributed by atoms with Gasteiger partial charge in [0.2, 0.25) is 10.0 Å². The molecule has 18 heavy (non-hydrogen) atoms. The first-order valence-corrected chi connectivity index (χ1v) is 7.54. The SMILES string of the molecule is Cc1cc(S(=O)(=O)NCc2ccoc2)sc1CO. The topological polar surface area (TPSA) is 79.5 Å². The minimum Gasteiger partial charge on any atom is -0.472 e. The van der Waals surface area contributed by atoms with Crippen molar-refractivity contribution in [2.24, 2.45) is 0 Å². The lowest BCUT2D eigenvalue weighted by molar-refractivity contribution is 0.285. The Hall–Kier alpha value is -1.15. The van der Waals surface area contributed by atoms with Gasteiger partial charge in [0.1, 0.15) is 4.21 Å². The molecule has 0 radical (unpaired) electrons. The molecule has 0 amide bonds. The first kappa shape index (κ1) is 13.3. The Bertz CT molecular complexity index is 614. The molecular formula is C11H13NO4S2. The van der Waals surface area contributed by atoms with Crippen LogP contribution in [-0.2, 0) is 23.2 Å². The standard InChI is InChI=1S/C11H13NO4S2/c1-8-4-11(17-10(8)6-13)18(14,15)12-5-9-2-3-16-7-9/h2-4,7,12-13H,5-6H2,1H3. The Labute approximate surface area is 109 Å². The molecule has 0 bridgehead atoms. The summed E-state index contributed by atoms with van der Waals surface area (Å²) in [4.78, 5) is 0.665. The van der Waals surface area contributed by atoms with Gasteiger partial charge in [-0.05, 0) is 24.6 Å². The molecule has 2 rings (SSSR count). The van der Waals surface area contributed by atoms with Crippen molar-refractivity contribution in [3.05, 3.63) is 40.7 Å². The molecule has 0 saturated heterocycles. The van der Waals surface area contributed by atoms with Crippen molar-refractivity contribution in [3.8, 4) is 0 Å². The largest absolute Gasteiger partial charge is 0.472 e. The summed E-state index contributed by atoms with van der Waals surface area (Å²) in [6, 6.07) is 3.26. The Morgan fingerprint density at radius 3 is 2.83 bits per heavy atom. The molecular weight excluding hydrogens is 274 g/mol. The van der Waals surface area contributed by atoms with E-state index in [1.54, 1.807) is 19.1 Å². The highest BCUT2D eigenvalue weighted by Gasteiger charge is 2.18. The van der Waals surface area contributed by atoms with Gasteiger partial charge < -0.3 is 9.52 Å². The second kappa shape index (κ2) is 5.23. The lowest BCUT2D eigenvalue weighted by Gasteiger charge is -2.02. The maximum atomic E-state index is 12.0. The predicted octanol–water partition coefficient (Wildman–Crippen LogP) is 1.62. The first-order chi connectivity index (χ1) is 8.53. The fourth-order valence-corrected chi connectivity index (χ4v) is 3.93. The van der Waals surface area contributed by atoms with Crippen LogP contribution in [-0.4, -0.2) is 13.5 Å². The molecule has 5 nitrogen and oxygen atoms in total. The summed E-state index contributed by atoms with van der Waals surface area (Å²) in [6.45, 7) is 1.81. The van der Waals surface area contributed by atoms with Crippen molar-refractivity contribution >= 4 is 21.4 Å². The van der Waals surface area contributed by atoms with E-state index in [4.69, 9.17) is 9.52 Å². The van der Waals surface area contributed by atoms with Crippen molar-refractivity contribution in [2.45, 2.75) is 24.3 Å². The summed E-state index contributed by atoms with van der Waals surface area (Å²) in [6.07, 6.45) is 2.98. The van der Waals surface area contributed by atoms with Gasteiger partial charge in [-0.15, -0.1) is 11.3 Å². The van der Waals surface area contributed by atoms with E-state index < -0.39 is 10.0 Å². The molecule has 98 valence electrons. The highest BCUT2D eigenvalue weighted by molar-refractivity contribution is 7.91. The molecule has 2 aromatic heterocycles. The predicted molar refractivity (Wildman–Crippen MR) is 67.7 cm³/mol. The van der Waals surface area contributed by atoms with Crippen LogP contribution in [0.25, 0.3) is 0 Å². The molecule has 0 fully saturated rings. The second-order valence-electron chi connectivity index (χ2n) is 3.79. The Balaban J connectivity index is 2.14. The van der Waals surface area contributed by atoms with E-state index in [-0.39, 0.29) is 17.4 Å². The summed E-state index contributed by atoms with van der Waals surface area (Å²) in [5.74, 6) is 0. The zero-order valence-electron chi connectivity index (χ0n) is 9.71. The number of aliphatic hydroxyl groups is 1. The van der Waals surface area contributed by atoms with Crippen molar-refractivity contribution in [1.82, 2.24) is 4.72 Å². The fourth-order valence-electron chi connectivity index (χ4n) is 1.42. The van der Waals surface area contributed by atoms with E-state index in [2.05, 4.69) is 4.72 Å². The number of furan rings is 1. The molecule has 0 aliphatic carbocycles. The Morgan fingerprint density at radius 1 is 1.50 bits per heavy atom. The number of hydrogen-bond acceptors (Lipinski definition) is 5. The van der Waals surface area contributed by atoms with Gasteiger partial charge in [-0.3, -0.25) is 0 Å². The van der Waals surface area contributed by atoms with E-state index in [0.717, 1.165) is 22.5 Å². The lowest BCUT2D eigenvalue weighted by Crippen LogP contribution is -2.22. The summed E-state index contributed by atoms with van der Waals surface area (Å²) >= 11 is 1.08. The van der Waals surface area contributed by atoms with Gasteiger partial charge in [0.05, 0.1) is 19.1 Å². The highest BCUT2D eigenvalue weighted by atomic mass is 32.2. The molecule has 0 aromatic carbocycles. The Kier molecular flexibility index (Phi) is 3.86. The van der Waals surface area contributed by atoms with E-state index in [1.165, 1.54) is 12.5 Å². The molecule has 2 heterocycles. The molecule has 0 aliphatic rings. The third-order valence-electron chi connectivity index (χ3n) is 2.45. The van der Waals surface area contributed by atoms with Crippen LogP contribution >= 0.6 is 11.3 Å². The molecule has 7 heteroatoms. The van der Waals surface area contributed by atoms with Crippen molar-refractivity contribution in [3.63, 3.8) is 0 Å². The second-order valence-corrected chi connectivity index (χ2v) is 6.92. The normalized spacial score (nSPS) is 11.9. The van der Waals surface area contributed by atoms with Gasteiger partial charge in [0.25, 0.3) is 0 Å². The summed E-state index contributed by atoms with van der Waals surface area (Å²) in [5, 5.41) is 9.06.